The van der Waals surface area contributed by atoms with Gasteiger partial charge in [-0.15, -0.1) is 0 Å². The minimum absolute atomic E-state index is 0.0954. The van der Waals surface area contributed by atoms with E-state index in [1.54, 1.807) is 30.5 Å². The molecule has 1 heterocycles. The number of rotatable bonds is 11. The van der Waals surface area contributed by atoms with Crippen molar-refractivity contribution in [2.24, 2.45) is 5.10 Å². The van der Waals surface area contributed by atoms with Gasteiger partial charge in [0.25, 0.3) is 11.8 Å². The molecule has 0 aromatic heterocycles. The third-order valence-electron chi connectivity index (χ3n) is 6.59. The van der Waals surface area contributed by atoms with Crippen LogP contribution in [0.1, 0.15) is 63.1 Å². The number of carbonyl (C=O) groups excluding carboxylic acids is 2. The van der Waals surface area contributed by atoms with Crippen LogP contribution in [0.2, 0.25) is 0 Å². The third kappa shape index (κ3) is 8.44. The average Bonchev–Trinajstić information content (AvgIpc) is 2.97. The molecule has 1 aliphatic rings. The molecule has 0 aliphatic carbocycles. The van der Waals surface area contributed by atoms with Crippen molar-refractivity contribution in [2.45, 2.75) is 38.4 Å². The van der Waals surface area contributed by atoms with Crippen LogP contribution in [-0.4, -0.2) is 47.9 Å². The van der Waals surface area contributed by atoms with Crippen molar-refractivity contribution < 1.29 is 19.5 Å². The molecule has 1 aliphatic heterocycles. The number of benzene rings is 3. The molecule has 3 N–H and O–H groups in total. The molecule has 0 unspecified atom stereocenters. The maximum absolute atomic E-state index is 13.3. The number of carbonyl (C=O) groups is 3. The van der Waals surface area contributed by atoms with Crippen LogP contribution in [0.25, 0.3) is 0 Å². The number of nitrogens with zero attached hydrogens (tertiary/aromatic N) is 2. The van der Waals surface area contributed by atoms with Crippen molar-refractivity contribution in [1.82, 2.24) is 5.43 Å². The van der Waals surface area contributed by atoms with Gasteiger partial charge in [0.1, 0.15) is 0 Å². The quantitative estimate of drug-likeness (QED) is 0.158. The molecule has 4 rings (SSSR count). The summed E-state index contributed by atoms with van der Waals surface area (Å²) in [6.07, 6.45) is 5.09. The minimum Gasteiger partial charge on any atom is -0.481 e. The Morgan fingerprint density at radius 3 is 2.50 bits per heavy atom. The molecular weight excluding hydrogens is 524 g/mol. The summed E-state index contributed by atoms with van der Waals surface area (Å²) >= 11 is 1.50. The number of carboxylic acid groups (broad SMARTS) is 1. The van der Waals surface area contributed by atoms with Gasteiger partial charge in [0.2, 0.25) is 0 Å². The normalized spacial score (nSPS) is 13.3. The minimum atomic E-state index is -0.826. The highest BCUT2D eigenvalue weighted by Gasteiger charge is 2.19. The van der Waals surface area contributed by atoms with Crippen LogP contribution in [0.4, 0.5) is 11.4 Å². The highest BCUT2D eigenvalue weighted by molar-refractivity contribution is 7.98. The van der Waals surface area contributed by atoms with E-state index in [2.05, 4.69) is 20.7 Å². The second-order valence-corrected chi connectivity index (χ2v) is 10.8. The zero-order chi connectivity index (χ0) is 28.3. The molecular formula is C31H34N4O4S. The van der Waals surface area contributed by atoms with Gasteiger partial charge in [-0.1, -0.05) is 42.0 Å². The summed E-state index contributed by atoms with van der Waals surface area (Å²) in [4.78, 5) is 39.5. The Morgan fingerprint density at radius 1 is 0.975 bits per heavy atom. The third-order valence-corrected chi connectivity index (χ3v) is 7.62. The van der Waals surface area contributed by atoms with Gasteiger partial charge in [-0.25, -0.2) is 5.43 Å². The van der Waals surface area contributed by atoms with Gasteiger partial charge >= 0.3 is 5.97 Å². The number of amides is 2. The number of anilines is 2. The predicted octanol–water partition coefficient (Wildman–Crippen LogP) is 5.71. The lowest BCUT2D eigenvalue weighted by molar-refractivity contribution is -0.136. The standard InChI is InChI=1S/C31H34N4O4S/c1-22-8-10-23(11-9-22)20-32-34-31(39)27-19-26(35-15-3-2-4-16-35)12-13-28(27)33-30(38)25-7-5-6-24(18-25)21-40-17-14-29(36)37/h5-13,18-20H,2-4,14-17,21H2,1H3,(H,33,38)(H,34,39)(H,36,37). The second-order valence-electron chi connectivity index (χ2n) is 9.74. The average molecular weight is 559 g/mol. The van der Waals surface area contributed by atoms with Gasteiger partial charge in [-0.2, -0.15) is 16.9 Å². The Kier molecular flexibility index (Phi) is 10.3. The monoisotopic (exact) mass is 558 g/mol. The molecule has 40 heavy (non-hydrogen) atoms. The van der Waals surface area contributed by atoms with Crippen molar-refractivity contribution in [3.05, 3.63) is 94.5 Å². The summed E-state index contributed by atoms with van der Waals surface area (Å²) in [5.41, 5.74) is 7.66. The van der Waals surface area contributed by atoms with E-state index >= 15 is 0 Å². The van der Waals surface area contributed by atoms with Crippen molar-refractivity contribution in [3.63, 3.8) is 0 Å². The molecule has 208 valence electrons. The smallest absolute Gasteiger partial charge is 0.304 e. The van der Waals surface area contributed by atoms with Gasteiger partial charge < -0.3 is 15.3 Å². The van der Waals surface area contributed by atoms with Crippen LogP contribution < -0.4 is 15.6 Å². The van der Waals surface area contributed by atoms with E-state index in [1.165, 1.54) is 18.2 Å². The SMILES string of the molecule is Cc1ccc(C=NNC(=O)c2cc(N3CCCCC3)ccc2NC(=O)c2cccc(CSCCC(=O)O)c2)cc1. The number of hydrazone groups is 1. The molecule has 9 heteroatoms. The van der Waals surface area contributed by atoms with E-state index in [9.17, 15) is 14.4 Å². The molecule has 1 saturated heterocycles. The molecule has 8 nitrogen and oxygen atoms in total. The Balaban J connectivity index is 1.50. The van der Waals surface area contributed by atoms with Gasteiger partial charge in [0.05, 0.1) is 23.9 Å². The lowest BCUT2D eigenvalue weighted by atomic mass is 10.1. The fraction of sp³-hybridized carbons (Fsp3) is 0.290. The molecule has 0 radical (unpaired) electrons. The highest BCUT2D eigenvalue weighted by atomic mass is 32.2. The number of thioether (sulfide) groups is 1. The Labute approximate surface area is 238 Å². The van der Waals surface area contributed by atoms with Crippen molar-refractivity contribution in [2.75, 3.05) is 29.1 Å². The van der Waals surface area contributed by atoms with E-state index in [0.29, 0.717) is 28.3 Å². The van der Waals surface area contributed by atoms with Crippen LogP contribution >= 0.6 is 11.8 Å². The fourth-order valence-corrected chi connectivity index (χ4v) is 5.28. The van der Waals surface area contributed by atoms with E-state index < -0.39 is 11.9 Å². The van der Waals surface area contributed by atoms with Gasteiger partial charge in [0.15, 0.2) is 0 Å². The molecule has 0 saturated carbocycles. The van der Waals surface area contributed by atoms with Crippen LogP contribution in [-0.2, 0) is 10.5 Å². The number of carboxylic acids is 1. The maximum atomic E-state index is 13.3. The van der Waals surface area contributed by atoms with Crippen LogP contribution in [0.5, 0.6) is 0 Å². The summed E-state index contributed by atoms with van der Waals surface area (Å²) in [6.45, 7) is 3.86. The zero-order valence-electron chi connectivity index (χ0n) is 22.6. The van der Waals surface area contributed by atoms with Gasteiger partial charge in [-0.05, 0) is 67.6 Å². The Morgan fingerprint density at radius 2 is 1.75 bits per heavy atom. The predicted molar refractivity (Wildman–Crippen MR) is 162 cm³/mol. The first-order chi connectivity index (χ1) is 19.4. The van der Waals surface area contributed by atoms with E-state index in [4.69, 9.17) is 5.11 Å². The topological polar surface area (TPSA) is 111 Å². The summed E-state index contributed by atoms with van der Waals surface area (Å²) in [7, 11) is 0. The number of aryl methyl sites for hydroxylation is 1. The molecule has 0 bridgehead atoms. The van der Waals surface area contributed by atoms with Gasteiger partial charge in [-0.3, -0.25) is 14.4 Å². The van der Waals surface area contributed by atoms with Crippen molar-refractivity contribution in [3.8, 4) is 0 Å². The molecule has 0 spiro atoms. The molecule has 3 aromatic carbocycles. The lowest BCUT2D eigenvalue weighted by Gasteiger charge is -2.29. The van der Waals surface area contributed by atoms with E-state index in [1.807, 2.05) is 49.4 Å². The first kappa shape index (κ1) is 28.9. The van der Waals surface area contributed by atoms with Gasteiger partial charge in [0, 0.05) is 35.8 Å². The highest BCUT2D eigenvalue weighted by Crippen LogP contribution is 2.27. The number of hydrogen-bond donors (Lipinski definition) is 3. The Hall–Kier alpha value is -4.11. The fourth-order valence-electron chi connectivity index (χ4n) is 4.40. The van der Waals surface area contributed by atoms with Crippen molar-refractivity contribution in [1.29, 1.82) is 0 Å². The number of aliphatic carboxylic acids is 1. The largest absolute Gasteiger partial charge is 0.481 e. The molecule has 3 aromatic rings. The lowest BCUT2D eigenvalue weighted by Crippen LogP contribution is -2.30. The summed E-state index contributed by atoms with van der Waals surface area (Å²) < 4.78 is 0. The van der Waals surface area contributed by atoms with Crippen LogP contribution in [0, 0.1) is 6.92 Å². The molecule has 0 atom stereocenters. The van der Waals surface area contributed by atoms with E-state index in [-0.39, 0.29) is 12.3 Å². The number of hydrogen-bond acceptors (Lipinski definition) is 6. The number of piperidine rings is 1. The summed E-state index contributed by atoms with van der Waals surface area (Å²) in [5.74, 6) is -0.472. The zero-order valence-corrected chi connectivity index (χ0v) is 23.4. The Bertz CT molecular complexity index is 1370. The van der Waals surface area contributed by atoms with Crippen LogP contribution in [0.15, 0.2) is 71.8 Å². The van der Waals surface area contributed by atoms with E-state index in [0.717, 1.165) is 48.3 Å². The summed E-state index contributed by atoms with van der Waals surface area (Å²) in [5, 5.41) is 15.9. The number of nitrogens with one attached hydrogen (secondary N) is 2. The van der Waals surface area contributed by atoms with Crippen LogP contribution in [0.3, 0.4) is 0 Å². The first-order valence-corrected chi connectivity index (χ1v) is 14.5. The maximum Gasteiger partial charge on any atom is 0.304 e. The summed E-state index contributed by atoms with van der Waals surface area (Å²) in [6, 6.07) is 20.5. The van der Waals surface area contributed by atoms with Crippen molar-refractivity contribution >= 4 is 47.1 Å². The first-order valence-electron chi connectivity index (χ1n) is 13.4. The molecule has 1 fully saturated rings. The second kappa shape index (κ2) is 14.3. The molecule has 2 amide bonds.